The Morgan fingerprint density at radius 3 is 2.69 bits per heavy atom. The highest BCUT2D eigenvalue weighted by atomic mass is 16.5. The van der Waals surface area contributed by atoms with Crippen LogP contribution < -0.4 is 14.8 Å². The van der Waals surface area contributed by atoms with Crippen molar-refractivity contribution in [3.05, 3.63) is 53.7 Å². The molecule has 3 aromatic rings. The minimum atomic E-state index is -0.184. The molecule has 4 rings (SSSR count). The van der Waals surface area contributed by atoms with Crippen LogP contribution in [0.2, 0.25) is 0 Å². The molecule has 8 heteroatoms. The number of aromatic nitrogens is 2. The summed E-state index contributed by atoms with van der Waals surface area (Å²) in [5.41, 5.74) is 2.37. The number of rotatable bonds is 9. The number of para-hydroxylation sites is 1. The third-order valence-electron chi connectivity index (χ3n) is 5.73. The van der Waals surface area contributed by atoms with Gasteiger partial charge in [0.15, 0.2) is 5.69 Å². The van der Waals surface area contributed by atoms with Gasteiger partial charge >= 0.3 is 0 Å². The summed E-state index contributed by atoms with van der Waals surface area (Å²) in [5.74, 6) is 1.34. The Hall–Kier alpha value is -3.10. The number of amides is 1. The molecule has 1 amide bonds. The molecule has 1 aliphatic rings. The molecule has 2 heterocycles. The van der Waals surface area contributed by atoms with Gasteiger partial charge in [-0.2, -0.15) is 5.10 Å². The van der Waals surface area contributed by atoms with Crippen LogP contribution in [0.5, 0.6) is 11.5 Å². The van der Waals surface area contributed by atoms with Crippen molar-refractivity contribution in [1.82, 2.24) is 20.0 Å². The van der Waals surface area contributed by atoms with Crippen LogP contribution in [0.4, 0.5) is 0 Å². The molecule has 8 nitrogen and oxygen atoms in total. The molecular formula is C24H30N4O4. The predicted molar refractivity (Wildman–Crippen MR) is 123 cm³/mol. The Labute approximate surface area is 188 Å². The van der Waals surface area contributed by atoms with Crippen molar-refractivity contribution < 1.29 is 19.0 Å². The van der Waals surface area contributed by atoms with E-state index in [1.165, 1.54) is 0 Å². The highest BCUT2D eigenvalue weighted by molar-refractivity contribution is 6.06. The summed E-state index contributed by atoms with van der Waals surface area (Å²) >= 11 is 0. The van der Waals surface area contributed by atoms with Gasteiger partial charge in [0.25, 0.3) is 5.91 Å². The lowest BCUT2D eigenvalue weighted by atomic mass is 10.1. The van der Waals surface area contributed by atoms with Gasteiger partial charge < -0.3 is 19.5 Å². The van der Waals surface area contributed by atoms with Gasteiger partial charge in [0.2, 0.25) is 0 Å². The first-order valence-corrected chi connectivity index (χ1v) is 10.9. The van der Waals surface area contributed by atoms with Gasteiger partial charge in [-0.1, -0.05) is 24.3 Å². The Morgan fingerprint density at radius 1 is 1.09 bits per heavy atom. The molecule has 1 fully saturated rings. The smallest absolute Gasteiger partial charge is 0.272 e. The summed E-state index contributed by atoms with van der Waals surface area (Å²) in [6.07, 6.45) is 0.710. The number of hydrogen-bond acceptors (Lipinski definition) is 6. The Morgan fingerprint density at radius 2 is 1.91 bits per heavy atom. The number of benzene rings is 2. The fraction of sp³-hybridized carbons (Fsp3) is 0.417. The number of carbonyl (C=O) groups is 1. The van der Waals surface area contributed by atoms with Crippen molar-refractivity contribution in [2.75, 3.05) is 53.6 Å². The van der Waals surface area contributed by atoms with Crippen LogP contribution in [0.25, 0.3) is 10.9 Å². The molecule has 1 aromatic heterocycles. The molecule has 170 valence electrons. The second-order valence-electron chi connectivity index (χ2n) is 7.74. The molecule has 0 unspecified atom stereocenters. The summed E-state index contributed by atoms with van der Waals surface area (Å²) in [6, 6.07) is 13.6. The van der Waals surface area contributed by atoms with Gasteiger partial charge in [0.05, 0.1) is 34.0 Å². The minimum absolute atomic E-state index is 0.184. The number of nitrogens with zero attached hydrogens (tertiary/aromatic N) is 3. The van der Waals surface area contributed by atoms with Gasteiger partial charge in [-0.25, -0.2) is 0 Å². The van der Waals surface area contributed by atoms with Crippen LogP contribution >= 0.6 is 0 Å². The highest BCUT2D eigenvalue weighted by Crippen LogP contribution is 2.28. The molecule has 1 saturated heterocycles. The molecule has 1 N–H and O–H groups in total. The normalized spacial score (nSPS) is 14.4. The monoisotopic (exact) mass is 438 g/mol. The maximum absolute atomic E-state index is 13.0. The molecule has 32 heavy (non-hydrogen) atoms. The first-order chi connectivity index (χ1) is 15.7. The van der Waals surface area contributed by atoms with E-state index in [0.717, 1.165) is 55.1 Å². The lowest BCUT2D eigenvalue weighted by Crippen LogP contribution is -2.38. The molecule has 0 bridgehead atoms. The zero-order valence-electron chi connectivity index (χ0n) is 18.7. The van der Waals surface area contributed by atoms with Gasteiger partial charge in [0, 0.05) is 31.6 Å². The summed E-state index contributed by atoms with van der Waals surface area (Å²) in [7, 11) is 3.29. The van der Waals surface area contributed by atoms with Gasteiger partial charge in [0.1, 0.15) is 17.0 Å². The Kier molecular flexibility index (Phi) is 7.24. The van der Waals surface area contributed by atoms with Crippen molar-refractivity contribution in [2.45, 2.75) is 13.0 Å². The fourth-order valence-electron chi connectivity index (χ4n) is 3.99. The Bertz CT molecular complexity index is 1060. The van der Waals surface area contributed by atoms with E-state index >= 15 is 0 Å². The average Bonchev–Trinajstić information content (AvgIpc) is 3.22. The number of morpholine rings is 1. The van der Waals surface area contributed by atoms with E-state index < -0.39 is 0 Å². The molecule has 2 aromatic carbocycles. The fourth-order valence-corrected chi connectivity index (χ4v) is 3.99. The van der Waals surface area contributed by atoms with E-state index in [1.54, 1.807) is 14.2 Å². The summed E-state index contributed by atoms with van der Waals surface area (Å²) in [5, 5.41) is 8.49. The Balaban J connectivity index is 1.48. The molecule has 0 radical (unpaired) electrons. The van der Waals surface area contributed by atoms with Gasteiger partial charge in [-0.3, -0.25) is 14.4 Å². The number of hydrogen-bond donors (Lipinski definition) is 1. The largest absolute Gasteiger partial charge is 0.497 e. The first-order valence-electron chi connectivity index (χ1n) is 10.9. The van der Waals surface area contributed by atoms with Crippen LogP contribution in [0, 0.1) is 0 Å². The average molecular weight is 439 g/mol. The van der Waals surface area contributed by atoms with Crippen LogP contribution in [-0.4, -0.2) is 74.2 Å². The van der Waals surface area contributed by atoms with Crippen LogP contribution in [0.3, 0.4) is 0 Å². The molecule has 0 saturated carbocycles. The van der Waals surface area contributed by atoms with E-state index in [0.29, 0.717) is 31.0 Å². The van der Waals surface area contributed by atoms with Crippen molar-refractivity contribution in [2.24, 2.45) is 0 Å². The second-order valence-corrected chi connectivity index (χ2v) is 7.74. The molecule has 0 atom stereocenters. The number of fused-ring (bicyclic) bond motifs is 1. The first kappa shape index (κ1) is 22.1. The van der Waals surface area contributed by atoms with E-state index in [1.807, 2.05) is 47.1 Å². The summed E-state index contributed by atoms with van der Waals surface area (Å²) in [4.78, 5) is 15.4. The molecule has 1 aliphatic heterocycles. The van der Waals surface area contributed by atoms with Crippen molar-refractivity contribution in [3.63, 3.8) is 0 Å². The highest BCUT2D eigenvalue weighted by Gasteiger charge is 2.20. The van der Waals surface area contributed by atoms with Crippen molar-refractivity contribution >= 4 is 16.8 Å². The van der Waals surface area contributed by atoms with Gasteiger partial charge in [-0.15, -0.1) is 0 Å². The number of ether oxygens (including phenoxy) is 3. The van der Waals surface area contributed by atoms with Crippen LogP contribution in [-0.2, 0) is 17.7 Å². The summed E-state index contributed by atoms with van der Waals surface area (Å²) in [6.45, 7) is 5.36. The summed E-state index contributed by atoms with van der Waals surface area (Å²) < 4.78 is 18.2. The van der Waals surface area contributed by atoms with E-state index in [-0.39, 0.29) is 5.91 Å². The maximum Gasteiger partial charge on any atom is 0.272 e. The van der Waals surface area contributed by atoms with E-state index in [2.05, 4.69) is 15.3 Å². The molecule has 0 spiro atoms. The SMILES string of the molecule is COc1cccc(CCNC(=O)c2nn(CCN3CCOCC3)c3c(OC)cccc23)c1. The van der Waals surface area contributed by atoms with Crippen molar-refractivity contribution in [3.8, 4) is 11.5 Å². The maximum atomic E-state index is 13.0. The minimum Gasteiger partial charge on any atom is -0.497 e. The second kappa shape index (κ2) is 10.5. The third kappa shape index (κ3) is 5.03. The lowest BCUT2D eigenvalue weighted by Gasteiger charge is -2.26. The number of methoxy groups -OCH3 is 2. The standard InChI is InChI=1S/C24H30N4O4/c1-30-19-6-3-5-18(17-19)9-10-25-24(29)22-20-7-4-8-21(31-2)23(20)28(26-22)12-11-27-13-15-32-16-14-27/h3-8,17H,9-16H2,1-2H3,(H,25,29). The third-order valence-corrected chi connectivity index (χ3v) is 5.73. The molecule has 0 aliphatic carbocycles. The van der Waals surface area contributed by atoms with E-state index in [4.69, 9.17) is 14.2 Å². The number of carbonyl (C=O) groups excluding carboxylic acids is 1. The van der Waals surface area contributed by atoms with Gasteiger partial charge in [-0.05, 0) is 30.2 Å². The quantitative estimate of drug-likeness (QED) is 0.553. The zero-order chi connectivity index (χ0) is 22.3. The van der Waals surface area contributed by atoms with Crippen molar-refractivity contribution in [1.29, 1.82) is 0 Å². The van der Waals surface area contributed by atoms with E-state index in [9.17, 15) is 4.79 Å². The number of nitrogens with one attached hydrogen (secondary N) is 1. The zero-order valence-corrected chi connectivity index (χ0v) is 18.7. The predicted octanol–water partition coefficient (Wildman–Crippen LogP) is 2.36. The van der Waals surface area contributed by atoms with Crippen LogP contribution in [0.1, 0.15) is 16.1 Å². The van der Waals surface area contributed by atoms with Crippen LogP contribution in [0.15, 0.2) is 42.5 Å². The lowest BCUT2D eigenvalue weighted by molar-refractivity contribution is 0.0361. The molecular weight excluding hydrogens is 408 g/mol. The topological polar surface area (TPSA) is 77.9 Å².